The number of hydrogen-bond donors (Lipinski definition) is 2. The van der Waals surface area contributed by atoms with Crippen LogP contribution in [0.2, 0.25) is 0 Å². The van der Waals surface area contributed by atoms with E-state index < -0.39 is 17.4 Å². The van der Waals surface area contributed by atoms with Crippen molar-refractivity contribution in [3.8, 4) is 0 Å². The summed E-state index contributed by atoms with van der Waals surface area (Å²) in [6.45, 7) is 11.1. The lowest BCUT2D eigenvalue weighted by Gasteiger charge is -2.36. The number of benzene rings is 1. The third kappa shape index (κ3) is 6.74. The van der Waals surface area contributed by atoms with Gasteiger partial charge in [-0.25, -0.2) is 0 Å². The Balaban J connectivity index is 1.60. The lowest BCUT2D eigenvalue weighted by Crippen LogP contribution is -2.49. The van der Waals surface area contributed by atoms with Crippen molar-refractivity contribution in [3.63, 3.8) is 0 Å². The molecule has 6 nitrogen and oxygen atoms in total. The first-order chi connectivity index (χ1) is 11.8. The summed E-state index contributed by atoms with van der Waals surface area (Å²) in [5, 5.41) is 5.35. The van der Waals surface area contributed by atoms with E-state index >= 15 is 0 Å². The number of anilines is 1. The number of nitrogens with zero attached hydrogens (tertiary/aromatic N) is 2. The summed E-state index contributed by atoms with van der Waals surface area (Å²) in [6, 6.07) is 10.5. The number of rotatable bonds is 5. The van der Waals surface area contributed by atoms with Crippen LogP contribution >= 0.6 is 0 Å². The van der Waals surface area contributed by atoms with Gasteiger partial charge in [-0.15, -0.1) is 0 Å². The standard InChI is InChI=1S/C19H30N4O2/c1-19(2,3)21-18(25)17(24)20-10-7-11-22-12-14-23(15-13-22)16-8-5-4-6-9-16/h4-6,8-9H,7,10-15H2,1-3H3,(H,20,24)(H,21,25). The first-order valence-corrected chi connectivity index (χ1v) is 8.98. The van der Waals surface area contributed by atoms with Crippen LogP contribution in [0.25, 0.3) is 0 Å². The molecule has 0 radical (unpaired) electrons. The van der Waals surface area contributed by atoms with Crippen molar-refractivity contribution in [2.75, 3.05) is 44.2 Å². The third-order valence-corrected chi connectivity index (χ3v) is 4.13. The monoisotopic (exact) mass is 346 g/mol. The Kier molecular flexibility index (Phi) is 6.82. The van der Waals surface area contributed by atoms with Gasteiger partial charge in [-0.1, -0.05) is 18.2 Å². The van der Waals surface area contributed by atoms with E-state index in [4.69, 9.17) is 0 Å². The fourth-order valence-electron chi connectivity index (χ4n) is 2.85. The maximum Gasteiger partial charge on any atom is 0.309 e. The Hall–Kier alpha value is -2.08. The fourth-order valence-corrected chi connectivity index (χ4v) is 2.85. The van der Waals surface area contributed by atoms with Gasteiger partial charge >= 0.3 is 11.8 Å². The van der Waals surface area contributed by atoms with Crippen LogP contribution in [-0.2, 0) is 9.59 Å². The summed E-state index contributed by atoms with van der Waals surface area (Å²) < 4.78 is 0. The molecule has 1 aromatic carbocycles. The van der Waals surface area contributed by atoms with Crippen molar-refractivity contribution >= 4 is 17.5 Å². The number of carbonyl (C=O) groups is 2. The van der Waals surface area contributed by atoms with Crippen molar-refractivity contribution in [1.29, 1.82) is 0 Å². The summed E-state index contributed by atoms with van der Waals surface area (Å²) >= 11 is 0. The topological polar surface area (TPSA) is 64.7 Å². The third-order valence-electron chi connectivity index (χ3n) is 4.13. The van der Waals surface area contributed by atoms with Crippen molar-refractivity contribution in [2.24, 2.45) is 0 Å². The molecule has 1 aliphatic rings. The van der Waals surface area contributed by atoms with Gasteiger partial charge in [0.2, 0.25) is 0 Å². The van der Waals surface area contributed by atoms with E-state index in [2.05, 4.69) is 44.7 Å². The molecule has 0 bridgehead atoms. The second kappa shape index (κ2) is 8.85. The molecule has 0 aromatic heterocycles. The molecule has 0 atom stereocenters. The molecule has 1 saturated heterocycles. The minimum Gasteiger partial charge on any atom is -0.369 e. The van der Waals surface area contributed by atoms with Gasteiger partial charge in [0.05, 0.1) is 0 Å². The van der Waals surface area contributed by atoms with Crippen molar-refractivity contribution in [1.82, 2.24) is 15.5 Å². The highest BCUT2D eigenvalue weighted by Gasteiger charge is 2.20. The minimum absolute atomic E-state index is 0.396. The van der Waals surface area contributed by atoms with Crippen molar-refractivity contribution in [3.05, 3.63) is 30.3 Å². The van der Waals surface area contributed by atoms with E-state index in [1.807, 2.05) is 26.8 Å². The molecular formula is C19H30N4O2. The first-order valence-electron chi connectivity index (χ1n) is 8.98. The van der Waals surface area contributed by atoms with Crippen LogP contribution in [0.5, 0.6) is 0 Å². The van der Waals surface area contributed by atoms with Crippen LogP contribution in [0.4, 0.5) is 5.69 Å². The minimum atomic E-state index is -0.566. The van der Waals surface area contributed by atoms with Crippen LogP contribution in [0.15, 0.2) is 30.3 Å². The van der Waals surface area contributed by atoms with Crippen molar-refractivity contribution < 1.29 is 9.59 Å². The van der Waals surface area contributed by atoms with E-state index in [9.17, 15) is 9.59 Å². The Bertz CT molecular complexity index is 561. The normalized spacial score (nSPS) is 15.7. The zero-order valence-corrected chi connectivity index (χ0v) is 15.5. The molecule has 0 unspecified atom stereocenters. The molecule has 1 aromatic rings. The van der Waals surface area contributed by atoms with Crippen molar-refractivity contribution in [2.45, 2.75) is 32.7 Å². The van der Waals surface area contributed by atoms with E-state index in [-0.39, 0.29) is 0 Å². The van der Waals surface area contributed by atoms with Gasteiger partial charge in [-0.2, -0.15) is 0 Å². The largest absolute Gasteiger partial charge is 0.369 e. The Morgan fingerprint density at radius 1 is 1.00 bits per heavy atom. The Morgan fingerprint density at radius 2 is 1.64 bits per heavy atom. The van der Waals surface area contributed by atoms with Crippen LogP contribution in [0, 0.1) is 0 Å². The highest BCUT2D eigenvalue weighted by Crippen LogP contribution is 2.15. The average molecular weight is 346 g/mol. The predicted octanol–water partition coefficient (Wildman–Crippen LogP) is 1.23. The molecule has 1 heterocycles. The van der Waals surface area contributed by atoms with Crippen LogP contribution < -0.4 is 15.5 Å². The maximum absolute atomic E-state index is 11.7. The molecule has 2 rings (SSSR count). The van der Waals surface area contributed by atoms with E-state index in [0.717, 1.165) is 39.1 Å². The first kappa shape index (κ1) is 19.2. The van der Waals surface area contributed by atoms with E-state index in [0.29, 0.717) is 6.54 Å². The highest BCUT2D eigenvalue weighted by molar-refractivity contribution is 6.35. The lowest BCUT2D eigenvalue weighted by atomic mass is 10.1. The molecule has 2 N–H and O–H groups in total. The molecule has 1 fully saturated rings. The van der Waals surface area contributed by atoms with Gasteiger partial charge in [-0.3, -0.25) is 14.5 Å². The van der Waals surface area contributed by atoms with Gasteiger partial charge in [0.25, 0.3) is 0 Å². The molecule has 0 aliphatic carbocycles. The smallest absolute Gasteiger partial charge is 0.309 e. The van der Waals surface area contributed by atoms with Crippen LogP contribution in [0.3, 0.4) is 0 Å². The summed E-state index contributed by atoms with van der Waals surface area (Å²) in [4.78, 5) is 28.2. The van der Waals surface area contributed by atoms with Crippen LogP contribution in [0.1, 0.15) is 27.2 Å². The molecular weight excluding hydrogens is 316 g/mol. The van der Waals surface area contributed by atoms with Gasteiger partial charge in [0.15, 0.2) is 0 Å². The van der Waals surface area contributed by atoms with Crippen LogP contribution in [-0.4, -0.2) is 61.5 Å². The molecule has 6 heteroatoms. The number of nitrogens with one attached hydrogen (secondary N) is 2. The Morgan fingerprint density at radius 3 is 2.24 bits per heavy atom. The van der Waals surface area contributed by atoms with Gasteiger partial charge in [0, 0.05) is 44.0 Å². The second-order valence-electron chi connectivity index (χ2n) is 7.48. The zero-order chi connectivity index (χ0) is 18.3. The summed E-state index contributed by atoms with van der Waals surface area (Å²) in [5.74, 6) is -1.12. The zero-order valence-electron chi connectivity index (χ0n) is 15.5. The van der Waals surface area contributed by atoms with Gasteiger partial charge in [0.1, 0.15) is 0 Å². The number of hydrogen-bond acceptors (Lipinski definition) is 4. The SMILES string of the molecule is CC(C)(C)NC(=O)C(=O)NCCCN1CCN(c2ccccc2)CC1. The summed E-state index contributed by atoms with van der Waals surface area (Å²) in [6.07, 6.45) is 0.847. The molecule has 25 heavy (non-hydrogen) atoms. The molecule has 0 spiro atoms. The van der Waals surface area contributed by atoms with E-state index in [1.165, 1.54) is 5.69 Å². The molecule has 2 amide bonds. The maximum atomic E-state index is 11.7. The molecule has 138 valence electrons. The number of amides is 2. The Labute approximate surface area is 150 Å². The second-order valence-corrected chi connectivity index (χ2v) is 7.48. The van der Waals surface area contributed by atoms with Gasteiger partial charge in [-0.05, 0) is 45.9 Å². The number of carbonyl (C=O) groups excluding carboxylic acids is 2. The van der Waals surface area contributed by atoms with Gasteiger partial charge < -0.3 is 15.5 Å². The summed E-state index contributed by atoms with van der Waals surface area (Å²) in [7, 11) is 0. The fraction of sp³-hybridized carbons (Fsp3) is 0.579. The van der Waals surface area contributed by atoms with E-state index in [1.54, 1.807) is 0 Å². The highest BCUT2D eigenvalue weighted by atomic mass is 16.2. The molecule has 1 aliphatic heterocycles. The quantitative estimate of drug-likeness (QED) is 0.622. The number of para-hydroxylation sites is 1. The summed E-state index contributed by atoms with van der Waals surface area (Å²) in [5.41, 5.74) is 0.881. The predicted molar refractivity (Wildman–Crippen MR) is 101 cm³/mol. The number of piperazine rings is 1. The molecule has 0 saturated carbocycles. The lowest BCUT2D eigenvalue weighted by molar-refractivity contribution is -0.140. The average Bonchev–Trinajstić information content (AvgIpc) is 2.58.